The van der Waals surface area contributed by atoms with Gasteiger partial charge in [-0.15, -0.1) is 0 Å². The van der Waals surface area contributed by atoms with Crippen molar-refractivity contribution in [3.8, 4) is 0 Å². The first-order valence-corrected chi connectivity index (χ1v) is 5.35. The average molecular weight is 195 g/mol. The van der Waals surface area contributed by atoms with Crippen LogP contribution < -0.4 is 0 Å². The Hall–Kier alpha value is -0.850. The van der Waals surface area contributed by atoms with Crippen LogP contribution >= 0.6 is 0 Å². The molecule has 0 aliphatic carbocycles. The fourth-order valence-electron chi connectivity index (χ4n) is 0.792. The van der Waals surface area contributed by atoms with Crippen molar-refractivity contribution in [1.82, 2.24) is 0 Å². The highest BCUT2D eigenvalue weighted by molar-refractivity contribution is 5.67. The van der Waals surface area contributed by atoms with Crippen molar-refractivity contribution >= 4 is 6.21 Å². The SMILES string of the molecule is CC.CC(C)/C=C\C(C)(C)/C=C\C=N. The minimum atomic E-state index is 0.0713. The van der Waals surface area contributed by atoms with Crippen LogP contribution in [-0.2, 0) is 0 Å². The largest absolute Gasteiger partial charge is 0.309 e. The van der Waals surface area contributed by atoms with Crippen molar-refractivity contribution in [2.75, 3.05) is 0 Å². The molecule has 1 N–H and O–H groups in total. The molecule has 0 aromatic rings. The second kappa shape index (κ2) is 8.74. The second-order valence-corrected chi connectivity index (χ2v) is 3.95. The highest BCUT2D eigenvalue weighted by atomic mass is 14.3. The summed E-state index contributed by atoms with van der Waals surface area (Å²) in [7, 11) is 0. The van der Waals surface area contributed by atoms with E-state index in [1.165, 1.54) is 6.21 Å². The van der Waals surface area contributed by atoms with Crippen LogP contribution in [0.2, 0.25) is 0 Å². The van der Waals surface area contributed by atoms with Crippen LogP contribution in [0.4, 0.5) is 0 Å². The van der Waals surface area contributed by atoms with E-state index in [0.717, 1.165) is 0 Å². The van der Waals surface area contributed by atoms with Gasteiger partial charge in [0.25, 0.3) is 0 Å². The predicted octanol–water partition coefficient (Wildman–Crippen LogP) is 4.46. The molecule has 14 heavy (non-hydrogen) atoms. The number of nitrogens with one attached hydrogen (secondary N) is 1. The summed E-state index contributed by atoms with van der Waals surface area (Å²) in [6.07, 6.45) is 9.47. The fourth-order valence-corrected chi connectivity index (χ4v) is 0.792. The molecular formula is C13H25N. The molecular weight excluding hydrogens is 170 g/mol. The van der Waals surface area contributed by atoms with Gasteiger partial charge >= 0.3 is 0 Å². The standard InChI is InChI=1S/C11H19N.C2H6/c1-10(2)6-8-11(3,4)7-5-9-12;1-2/h5-10,12H,1-4H3;1-2H3/b7-5-,8-6-,12-9?;. The van der Waals surface area contributed by atoms with E-state index < -0.39 is 0 Å². The molecule has 0 fully saturated rings. The Balaban J connectivity index is 0. The summed E-state index contributed by atoms with van der Waals surface area (Å²) in [6.45, 7) is 12.6. The second-order valence-electron chi connectivity index (χ2n) is 3.95. The van der Waals surface area contributed by atoms with Gasteiger partial charge in [0.1, 0.15) is 0 Å². The van der Waals surface area contributed by atoms with Gasteiger partial charge in [-0.3, -0.25) is 0 Å². The van der Waals surface area contributed by atoms with Crippen LogP contribution in [0.3, 0.4) is 0 Å². The van der Waals surface area contributed by atoms with Gasteiger partial charge in [-0.25, -0.2) is 0 Å². The smallest absolute Gasteiger partial charge is 0.0174 e. The lowest BCUT2D eigenvalue weighted by molar-refractivity contribution is 0.617. The van der Waals surface area contributed by atoms with E-state index >= 15 is 0 Å². The van der Waals surface area contributed by atoms with Gasteiger partial charge in [-0.05, 0) is 12.0 Å². The zero-order chi connectivity index (χ0) is 11.6. The maximum absolute atomic E-state index is 6.86. The quantitative estimate of drug-likeness (QED) is 0.506. The van der Waals surface area contributed by atoms with Crippen LogP contribution in [-0.4, -0.2) is 6.21 Å². The number of hydrogen-bond acceptors (Lipinski definition) is 1. The van der Waals surface area contributed by atoms with E-state index in [-0.39, 0.29) is 5.41 Å². The first-order valence-electron chi connectivity index (χ1n) is 5.35. The summed E-state index contributed by atoms with van der Waals surface area (Å²) in [5.41, 5.74) is 0.0713. The van der Waals surface area contributed by atoms with Gasteiger partial charge in [-0.2, -0.15) is 0 Å². The van der Waals surface area contributed by atoms with Gasteiger partial charge in [0, 0.05) is 11.6 Å². The van der Waals surface area contributed by atoms with E-state index in [1.807, 2.05) is 19.9 Å². The van der Waals surface area contributed by atoms with Crippen molar-refractivity contribution in [2.24, 2.45) is 11.3 Å². The van der Waals surface area contributed by atoms with E-state index in [2.05, 4.69) is 39.8 Å². The molecule has 1 heteroatoms. The monoisotopic (exact) mass is 195 g/mol. The summed E-state index contributed by atoms with van der Waals surface area (Å²) in [5, 5.41) is 6.86. The fraction of sp³-hybridized carbons (Fsp3) is 0.615. The van der Waals surface area contributed by atoms with Gasteiger partial charge < -0.3 is 5.41 Å². The first-order chi connectivity index (χ1) is 6.48. The van der Waals surface area contributed by atoms with E-state index in [9.17, 15) is 0 Å². The number of allylic oxidation sites excluding steroid dienone is 4. The van der Waals surface area contributed by atoms with Crippen molar-refractivity contribution in [3.63, 3.8) is 0 Å². The van der Waals surface area contributed by atoms with Crippen molar-refractivity contribution in [3.05, 3.63) is 24.3 Å². The Morgan fingerprint density at radius 1 is 1.07 bits per heavy atom. The maximum Gasteiger partial charge on any atom is 0.0174 e. The molecule has 1 nitrogen and oxygen atoms in total. The molecule has 0 heterocycles. The van der Waals surface area contributed by atoms with Gasteiger partial charge in [-0.1, -0.05) is 59.8 Å². The molecule has 0 aliphatic heterocycles. The topological polar surface area (TPSA) is 23.9 Å². The minimum Gasteiger partial charge on any atom is -0.309 e. The molecule has 0 aromatic heterocycles. The number of rotatable bonds is 4. The molecule has 82 valence electrons. The predicted molar refractivity (Wildman–Crippen MR) is 67.0 cm³/mol. The summed E-state index contributed by atoms with van der Waals surface area (Å²) in [4.78, 5) is 0. The molecule has 0 radical (unpaired) electrons. The normalized spacial score (nSPS) is 11.9. The third kappa shape index (κ3) is 11.2. The molecule has 0 aliphatic rings. The summed E-state index contributed by atoms with van der Waals surface area (Å²) in [5.74, 6) is 0.595. The summed E-state index contributed by atoms with van der Waals surface area (Å²) >= 11 is 0. The molecule has 0 rings (SSSR count). The highest BCUT2D eigenvalue weighted by Crippen LogP contribution is 2.19. The minimum absolute atomic E-state index is 0.0713. The van der Waals surface area contributed by atoms with Crippen LogP contribution in [0.5, 0.6) is 0 Å². The van der Waals surface area contributed by atoms with E-state index in [1.54, 1.807) is 6.08 Å². The third-order valence-corrected chi connectivity index (χ3v) is 1.53. The Bertz CT molecular complexity index is 185. The molecule has 0 bridgehead atoms. The van der Waals surface area contributed by atoms with Gasteiger partial charge in [0.2, 0.25) is 0 Å². The highest BCUT2D eigenvalue weighted by Gasteiger charge is 2.07. The first kappa shape index (κ1) is 15.6. The lowest BCUT2D eigenvalue weighted by atomic mass is 9.91. The van der Waals surface area contributed by atoms with Crippen LogP contribution in [0, 0.1) is 16.7 Å². The zero-order valence-corrected chi connectivity index (χ0v) is 10.5. The van der Waals surface area contributed by atoms with Gasteiger partial charge in [0.15, 0.2) is 0 Å². The zero-order valence-electron chi connectivity index (χ0n) is 10.5. The van der Waals surface area contributed by atoms with Gasteiger partial charge in [0.05, 0.1) is 0 Å². The molecule has 0 amide bonds. The average Bonchev–Trinajstić information content (AvgIpc) is 2.15. The summed E-state index contributed by atoms with van der Waals surface area (Å²) in [6, 6.07) is 0. The molecule has 0 saturated heterocycles. The number of hydrogen-bond donors (Lipinski definition) is 1. The third-order valence-electron chi connectivity index (χ3n) is 1.53. The van der Waals surface area contributed by atoms with Crippen LogP contribution in [0.25, 0.3) is 0 Å². The molecule has 0 aromatic carbocycles. The Kier molecular flexibility index (Phi) is 9.74. The van der Waals surface area contributed by atoms with E-state index in [0.29, 0.717) is 5.92 Å². The van der Waals surface area contributed by atoms with Crippen molar-refractivity contribution < 1.29 is 0 Å². The lowest BCUT2D eigenvalue weighted by Gasteiger charge is -2.14. The molecule has 0 atom stereocenters. The maximum atomic E-state index is 6.86. The van der Waals surface area contributed by atoms with Crippen LogP contribution in [0.15, 0.2) is 24.3 Å². The molecule has 0 saturated carbocycles. The van der Waals surface area contributed by atoms with Crippen LogP contribution in [0.1, 0.15) is 41.5 Å². The van der Waals surface area contributed by atoms with E-state index in [4.69, 9.17) is 5.41 Å². The Morgan fingerprint density at radius 2 is 1.57 bits per heavy atom. The molecule has 0 spiro atoms. The Morgan fingerprint density at radius 3 is 1.93 bits per heavy atom. The molecule has 0 unspecified atom stereocenters. The summed E-state index contributed by atoms with van der Waals surface area (Å²) < 4.78 is 0. The lowest BCUT2D eigenvalue weighted by Crippen LogP contribution is -2.02. The van der Waals surface area contributed by atoms with Crippen molar-refractivity contribution in [2.45, 2.75) is 41.5 Å². The Labute approximate surface area is 89.4 Å². The van der Waals surface area contributed by atoms with Crippen molar-refractivity contribution in [1.29, 1.82) is 5.41 Å².